The molecule has 0 atom stereocenters. The van der Waals surface area contributed by atoms with E-state index in [1.807, 2.05) is 12.1 Å². The summed E-state index contributed by atoms with van der Waals surface area (Å²) in [5.41, 5.74) is 1.20. The minimum atomic E-state index is 0.163. The lowest BCUT2D eigenvalue weighted by molar-refractivity contribution is -0.121. The van der Waals surface area contributed by atoms with Gasteiger partial charge in [-0.25, -0.2) is 0 Å². The number of rotatable bonds is 7. The molecule has 1 N–H and O–H groups in total. The molecule has 0 spiro atoms. The van der Waals surface area contributed by atoms with E-state index in [0.29, 0.717) is 6.42 Å². The molecule has 0 radical (unpaired) electrons. The minimum absolute atomic E-state index is 0.163. The Morgan fingerprint density at radius 1 is 1.18 bits per heavy atom. The molecule has 1 heterocycles. The lowest BCUT2D eigenvalue weighted by atomic mass is 10.1. The fourth-order valence-electron chi connectivity index (χ4n) is 2.93. The van der Waals surface area contributed by atoms with Crippen LogP contribution in [-0.2, 0) is 11.2 Å². The Balaban J connectivity index is 1.55. The second kappa shape index (κ2) is 10.0. The normalized spacial score (nSPS) is 16.2. The van der Waals surface area contributed by atoms with Crippen molar-refractivity contribution in [3.05, 3.63) is 34.3 Å². The van der Waals surface area contributed by atoms with Crippen LogP contribution in [0.25, 0.3) is 0 Å². The molecule has 4 heteroatoms. The zero-order chi connectivity index (χ0) is 15.6. The number of aryl methyl sites for hydroxylation is 1. The van der Waals surface area contributed by atoms with Crippen molar-refractivity contribution < 1.29 is 4.79 Å². The average molecular weight is 367 g/mol. The SMILES string of the molecule is O=C(CCc1cccc(Br)c1)NCCCN1CCCCCC1. The Morgan fingerprint density at radius 3 is 2.68 bits per heavy atom. The van der Waals surface area contributed by atoms with Crippen molar-refractivity contribution in [1.29, 1.82) is 0 Å². The Morgan fingerprint density at radius 2 is 1.95 bits per heavy atom. The summed E-state index contributed by atoms with van der Waals surface area (Å²) in [5.74, 6) is 0.163. The van der Waals surface area contributed by atoms with E-state index in [1.165, 1.54) is 44.3 Å². The number of halogens is 1. The van der Waals surface area contributed by atoms with Crippen LogP contribution in [0.2, 0.25) is 0 Å². The third-order valence-electron chi connectivity index (χ3n) is 4.20. The van der Waals surface area contributed by atoms with Gasteiger partial charge in [-0.05, 0) is 63.0 Å². The molecular formula is C18H27BrN2O. The summed E-state index contributed by atoms with van der Waals surface area (Å²) in [6.45, 7) is 4.38. The van der Waals surface area contributed by atoms with E-state index in [2.05, 4.69) is 38.3 Å². The average Bonchev–Trinajstić information content (AvgIpc) is 2.78. The van der Waals surface area contributed by atoms with E-state index in [4.69, 9.17) is 0 Å². The first-order valence-electron chi connectivity index (χ1n) is 8.47. The van der Waals surface area contributed by atoms with Gasteiger partial charge in [0.1, 0.15) is 0 Å². The quantitative estimate of drug-likeness (QED) is 0.745. The molecular weight excluding hydrogens is 340 g/mol. The standard InChI is InChI=1S/C18H27BrN2O/c19-17-8-5-7-16(15-17)9-10-18(22)20-11-6-14-21-12-3-1-2-4-13-21/h5,7-8,15H,1-4,6,9-14H2,(H,20,22). The summed E-state index contributed by atoms with van der Waals surface area (Å²) in [6.07, 6.45) is 7.85. The van der Waals surface area contributed by atoms with Gasteiger partial charge in [0.2, 0.25) is 5.91 Å². The molecule has 0 saturated carbocycles. The number of amides is 1. The maximum absolute atomic E-state index is 11.9. The van der Waals surface area contributed by atoms with Crippen LogP contribution in [-0.4, -0.2) is 37.0 Å². The predicted molar refractivity (Wildman–Crippen MR) is 95.0 cm³/mol. The molecule has 0 aliphatic carbocycles. The van der Waals surface area contributed by atoms with Crippen LogP contribution in [0.1, 0.15) is 44.1 Å². The highest BCUT2D eigenvalue weighted by molar-refractivity contribution is 9.10. The van der Waals surface area contributed by atoms with Crippen LogP contribution < -0.4 is 5.32 Å². The maximum atomic E-state index is 11.9. The van der Waals surface area contributed by atoms with E-state index >= 15 is 0 Å². The molecule has 0 unspecified atom stereocenters. The number of likely N-dealkylation sites (tertiary alicyclic amines) is 1. The predicted octanol–water partition coefficient (Wildman–Crippen LogP) is 3.76. The fourth-order valence-corrected chi connectivity index (χ4v) is 3.38. The van der Waals surface area contributed by atoms with Gasteiger partial charge in [-0.15, -0.1) is 0 Å². The van der Waals surface area contributed by atoms with Crippen molar-refractivity contribution in [3.63, 3.8) is 0 Å². The van der Waals surface area contributed by atoms with Gasteiger partial charge in [0.05, 0.1) is 0 Å². The Labute approximate surface area is 142 Å². The van der Waals surface area contributed by atoms with Crippen LogP contribution in [0, 0.1) is 0 Å². The minimum Gasteiger partial charge on any atom is -0.356 e. The number of nitrogens with one attached hydrogen (secondary N) is 1. The van der Waals surface area contributed by atoms with Crippen LogP contribution in [0.5, 0.6) is 0 Å². The smallest absolute Gasteiger partial charge is 0.220 e. The van der Waals surface area contributed by atoms with Crippen molar-refractivity contribution in [3.8, 4) is 0 Å². The van der Waals surface area contributed by atoms with Gasteiger partial charge in [0, 0.05) is 17.4 Å². The van der Waals surface area contributed by atoms with E-state index in [-0.39, 0.29) is 5.91 Å². The molecule has 3 nitrogen and oxygen atoms in total. The molecule has 1 aliphatic heterocycles. The third kappa shape index (κ3) is 6.93. The maximum Gasteiger partial charge on any atom is 0.220 e. The van der Waals surface area contributed by atoms with Gasteiger partial charge in [0.25, 0.3) is 0 Å². The number of benzene rings is 1. The summed E-state index contributed by atoms with van der Waals surface area (Å²) in [6, 6.07) is 8.16. The second-order valence-corrected chi connectivity index (χ2v) is 7.00. The molecule has 0 aromatic heterocycles. The summed E-state index contributed by atoms with van der Waals surface area (Å²) >= 11 is 3.46. The summed E-state index contributed by atoms with van der Waals surface area (Å²) < 4.78 is 1.07. The van der Waals surface area contributed by atoms with Crippen molar-refractivity contribution in [2.24, 2.45) is 0 Å². The van der Waals surface area contributed by atoms with Gasteiger partial charge < -0.3 is 10.2 Å². The van der Waals surface area contributed by atoms with E-state index < -0.39 is 0 Å². The summed E-state index contributed by atoms with van der Waals surface area (Å²) in [7, 11) is 0. The zero-order valence-electron chi connectivity index (χ0n) is 13.3. The van der Waals surface area contributed by atoms with Crippen LogP contribution in [0.15, 0.2) is 28.7 Å². The lowest BCUT2D eigenvalue weighted by Gasteiger charge is -2.19. The van der Waals surface area contributed by atoms with Crippen LogP contribution in [0.3, 0.4) is 0 Å². The highest BCUT2D eigenvalue weighted by Crippen LogP contribution is 2.13. The zero-order valence-corrected chi connectivity index (χ0v) is 14.9. The molecule has 1 fully saturated rings. The number of hydrogen-bond acceptors (Lipinski definition) is 2. The van der Waals surface area contributed by atoms with E-state index in [0.717, 1.165) is 30.4 Å². The first-order valence-corrected chi connectivity index (χ1v) is 9.27. The summed E-state index contributed by atoms with van der Waals surface area (Å²) in [5, 5.41) is 3.05. The summed E-state index contributed by atoms with van der Waals surface area (Å²) in [4.78, 5) is 14.4. The second-order valence-electron chi connectivity index (χ2n) is 6.09. The molecule has 1 amide bonds. The monoisotopic (exact) mass is 366 g/mol. The number of nitrogens with zero attached hydrogens (tertiary/aromatic N) is 1. The third-order valence-corrected chi connectivity index (χ3v) is 4.69. The Kier molecular flexibility index (Phi) is 7.95. The molecule has 1 saturated heterocycles. The molecule has 2 rings (SSSR count). The first kappa shape index (κ1) is 17.5. The topological polar surface area (TPSA) is 32.3 Å². The molecule has 1 aromatic rings. The van der Waals surface area contributed by atoms with Gasteiger partial charge in [-0.3, -0.25) is 4.79 Å². The van der Waals surface area contributed by atoms with Crippen molar-refractivity contribution in [1.82, 2.24) is 10.2 Å². The molecule has 0 bridgehead atoms. The van der Waals surface area contributed by atoms with Crippen molar-refractivity contribution >= 4 is 21.8 Å². The van der Waals surface area contributed by atoms with Crippen molar-refractivity contribution in [2.45, 2.75) is 44.9 Å². The van der Waals surface area contributed by atoms with Gasteiger partial charge in [0.15, 0.2) is 0 Å². The number of carbonyl (C=O) groups excluding carboxylic acids is 1. The Bertz CT molecular complexity index is 456. The van der Waals surface area contributed by atoms with Crippen LogP contribution in [0.4, 0.5) is 0 Å². The van der Waals surface area contributed by atoms with Gasteiger partial charge in [-0.1, -0.05) is 40.9 Å². The first-order chi connectivity index (χ1) is 10.7. The highest BCUT2D eigenvalue weighted by atomic mass is 79.9. The largest absolute Gasteiger partial charge is 0.356 e. The molecule has 122 valence electrons. The van der Waals surface area contributed by atoms with E-state index in [9.17, 15) is 4.79 Å². The lowest BCUT2D eigenvalue weighted by Crippen LogP contribution is -2.30. The highest BCUT2D eigenvalue weighted by Gasteiger charge is 2.08. The van der Waals surface area contributed by atoms with Gasteiger partial charge >= 0.3 is 0 Å². The molecule has 22 heavy (non-hydrogen) atoms. The number of carbonyl (C=O) groups is 1. The Hall–Kier alpha value is -0.870. The molecule has 1 aliphatic rings. The van der Waals surface area contributed by atoms with Crippen molar-refractivity contribution in [2.75, 3.05) is 26.2 Å². The number of hydrogen-bond donors (Lipinski definition) is 1. The van der Waals surface area contributed by atoms with Crippen LogP contribution >= 0.6 is 15.9 Å². The van der Waals surface area contributed by atoms with E-state index in [1.54, 1.807) is 0 Å². The van der Waals surface area contributed by atoms with Gasteiger partial charge in [-0.2, -0.15) is 0 Å². The fraction of sp³-hybridized carbons (Fsp3) is 0.611. The molecule has 1 aromatic carbocycles.